The van der Waals surface area contributed by atoms with Crippen molar-refractivity contribution in [2.75, 3.05) is 5.32 Å². The molecule has 0 radical (unpaired) electrons. The van der Waals surface area contributed by atoms with E-state index in [1.165, 1.54) is 17.4 Å². The van der Waals surface area contributed by atoms with E-state index in [9.17, 15) is 9.59 Å². The summed E-state index contributed by atoms with van der Waals surface area (Å²) in [6, 6.07) is 14.6. The molecule has 0 saturated carbocycles. The third-order valence-electron chi connectivity index (χ3n) is 3.74. The standard InChI is InChI=1S/C18H16N2O3S/c1-11(12-5-3-2-4-6-12)9-16(21)20-18-19-14-8-7-13(17(22)23)10-15(14)24-18/h2-8,10-11H,9H2,1H3,(H,22,23)(H,19,20,21). The van der Waals surface area contributed by atoms with Crippen molar-refractivity contribution in [1.82, 2.24) is 4.98 Å². The number of carbonyl (C=O) groups excluding carboxylic acids is 1. The highest BCUT2D eigenvalue weighted by atomic mass is 32.1. The molecule has 5 nitrogen and oxygen atoms in total. The van der Waals surface area contributed by atoms with E-state index in [4.69, 9.17) is 5.11 Å². The number of benzene rings is 2. The largest absolute Gasteiger partial charge is 0.478 e. The fraction of sp³-hybridized carbons (Fsp3) is 0.167. The molecular weight excluding hydrogens is 324 g/mol. The Hall–Kier alpha value is -2.73. The zero-order valence-electron chi connectivity index (χ0n) is 13.0. The minimum Gasteiger partial charge on any atom is -0.478 e. The summed E-state index contributed by atoms with van der Waals surface area (Å²) in [4.78, 5) is 27.5. The van der Waals surface area contributed by atoms with Crippen molar-refractivity contribution in [2.45, 2.75) is 19.3 Å². The maximum atomic E-state index is 12.2. The number of fused-ring (bicyclic) bond motifs is 1. The molecule has 0 bridgehead atoms. The van der Waals surface area contributed by atoms with Crippen LogP contribution in [0.25, 0.3) is 10.2 Å². The van der Waals surface area contributed by atoms with Gasteiger partial charge in [0.1, 0.15) is 0 Å². The highest BCUT2D eigenvalue weighted by Crippen LogP contribution is 2.27. The number of aromatic nitrogens is 1. The van der Waals surface area contributed by atoms with Crippen molar-refractivity contribution >= 4 is 38.6 Å². The summed E-state index contributed by atoms with van der Waals surface area (Å²) < 4.78 is 0.737. The van der Waals surface area contributed by atoms with E-state index >= 15 is 0 Å². The smallest absolute Gasteiger partial charge is 0.335 e. The van der Waals surface area contributed by atoms with E-state index in [0.29, 0.717) is 17.1 Å². The average molecular weight is 340 g/mol. The topological polar surface area (TPSA) is 79.3 Å². The molecule has 0 aliphatic carbocycles. The third kappa shape index (κ3) is 3.60. The van der Waals surface area contributed by atoms with Gasteiger partial charge in [0.2, 0.25) is 5.91 Å². The SMILES string of the molecule is CC(CC(=O)Nc1nc2ccc(C(=O)O)cc2s1)c1ccccc1. The van der Waals surface area contributed by atoms with Crippen LogP contribution in [0, 0.1) is 0 Å². The molecule has 0 spiro atoms. The van der Waals surface area contributed by atoms with Gasteiger partial charge in [-0.3, -0.25) is 4.79 Å². The van der Waals surface area contributed by atoms with Crippen molar-refractivity contribution < 1.29 is 14.7 Å². The van der Waals surface area contributed by atoms with Crippen LogP contribution in [0.2, 0.25) is 0 Å². The number of amides is 1. The second-order valence-electron chi connectivity index (χ2n) is 5.57. The summed E-state index contributed by atoms with van der Waals surface area (Å²) in [7, 11) is 0. The predicted octanol–water partition coefficient (Wildman–Crippen LogP) is 4.13. The number of aromatic carboxylic acids is 1. The first-order valence-corrected chi connectivity index (χ1v) is 8.33. The lowest BCUT2D eigenvalue weighted by molar-refractivity contribution is -0.116. The number of carboxylic acid groups (broad SMARTS) is 1. The highest BCUT2D eigenvalue weighted by Gasteiger charge is 2.14. The number of rotatable bonds is 5. The molecule has 0 saturated heterocycles. The van der Waals surface area contributed by atoms with E-state index in [-0.39, 0.29) is 17.4 Å². The molecule has 1 unspecified atom stereocenters. The molecule has 2 aromatic carbocycles. The van der Waals surface area contributed by atoms with Crippen molar-refractivity contribution in [3.05, 3.63) is 59.7 Å². The number of nitrogens with zero attached hydrogens (tertiary/aromatic N) is 1. The summed E-state index contributed by atoms with van der Waals surface area (Å²) in [5, 5.41) is 12.3. The summed E-state index contributed by atoms with van der Waals surface area (Å²) in [6.07, 6.45) is 0.361. The monoisotopic (exact) mass is 340 g/mol. The van der Waals surface area contributed by atoms with Crippen LogP contribution >= 0.6 is 11.3 Å². The molecule has 1 amide bonds. The van der Waals surface area contributed by atoms with Crippen molar-refractivity contribution in [2.24, 2.45) is 0 Å². The Morgan fingerprint density at radius 1 is 1.21 bits per heavy atom. The lowest BCUT2D eigenvalue weighted by atomic mass is 9.98. The molecule has 1 heterocycles. The van der Waals surface area contributed by atoms with Crippen LogP contribution in [-0.2, 0) is 4.79 Å². The van der Waals surface area contributed by atoms with Gasteiger partial charge in [0.05, 0.1) is 15.8 Å². The van der Waals surface area contributed by atoms with Gasteiger partial charge in [-0.1, -0.05) is 48.6 Å². The summed E-state index contributed by atoms with van der Waals surface area (Å²) in [5.41, 5.74) is 2.00. The van der Waals surface area contributed by atoms with E-state index in [1.807, 2.05) is 37.3 Å². The Kier molecular flexibility index (Phi) is 4.57. The van der Waals surface area contributed by atoms with Crippen LogP contribution in [-0.4, -0.2) is 22.0 Å². The second-order valence-corrected chi connectivity index (χ2v) is 6.60. The Morgan fingerprint density at radius 2 is 1.96 bits per heavy atom. The van der Waals surface area contributed by atoms with Gasteiger partial charge in [-0.2, -0.15) is 0 Å². The predicted molar refractivity (Wildman–Crippen MR) is 94.7 cm³/mol. The Bertz CT molecular complexity index is 890. The molecule has 3 rings (SSSR count). The first-order chi connectivity index (χ1) is 11.5. The maximum Gasteiger partial charge on any atom is 0.335 e. The van der Waals surface area contributed by atoms with Crippen LogP contribution in [0.1, 0.15) is 35.2 Å². The molecule has 6 heteroatoms. The van der Waals surface area contributed by atoms with E-state index < -0.39 is 5.97 Å². The van der Waals surface area contributed by atoms with E-state index in [0.717, 1.165) is 10.3 Å². The molecule has 1 aromatic heterocycles. The lowest BCUT2D eigenvalue weighted by Gasteiger charge is -2.10. The number of nitrogens with one attached hydrogen (secondary N) is 1. The first-order valence-electron chi connectivity index (χ1n) is 7.51. The number of anilines is 1. The highest BCUT2D eigenvalue weighted by molar-refractivity contribution is 7.22. The van der Waals surface area contributed by atoms with Gasteiger partial charge in [0.15, 0.2) is 5.13 Å². The molecule has 3 aromatic rings. The molecule has 0 fully saturated rings. The van der Waals surface area contributed by atoms with E-state index in [2.05, 4.69) is 10.3 Å². The minimum atomic E-state index is -0.979. The number of carbonyl (C=O) groups is 2. The van der Waals surface area contributed by atoms with Crippen molar-refractivity contribution in [3.8, 4) is 0 Å². The second kappa shape index (κ2) is 6.80. The van der Waals surface area contributed by atoms with Gasteiger partial charge in [0.25, 0.3) is 0 Å². The van der Waals surface area contributed by atoms with Crippen molar-refractivity contribution in [1.29, 1.82) is 0 Å². The van der Waals surface area contributed by atoms with E-state index in [1.54, 1.807) is 12.1 Å². The summed E-state index contributed by atoms with van der Waals surface area (Å²) in [6.45, 7) is 2.01. The lowest BCUT2D eigenvalue weighted by Crippen LogP contribution is -2.14. The zero-order chi connectivity index (χ0) is 17.1. The van der Waals surface area contributed by atoms with Crippen molar-refractivity contribution in [3.63, 3.8) is 0 Å². The van der Waals surface area contributed by atoms with Gasteiger partial charge in [-0.25, -0.2) is 9.78 Å². The van der Waals surface area contributed by atoms with Crippen LogP contribution in [0.15, 0.2) is 48.5 Å². The van der Waals surface area contributed by atoms with Gasteiger partial charge in [-0.15, -0.1) is 0 Å². The fourth-order valence-electron chi connectivity index (χ4n) is 2.46. The van der Waals surface area contributed by atoms with Gasteiger partial charge in [-0.05, 0) is 29.7 Å². The molecule has 0 aliphatic heterocycles. The number of hydrogen-bond donors (Lipinski definition) is 2. The molecule has 2 N–H and O–H groups in total. The zero-order valence-corrected chi connectivity index (χ0v) is 13.8. The van der Waals surface area contributed by atoms with Gasteiger partial charge >= 0.3 is 5.97 Å². The number of carboxylic acids is 1. The van der Waals surface area contributed by atoms with Crippen LogP contribution in [0.3, 0.4) is 0 Å². The minimum absolute atomic E-state index is 0.108. The van der Waals surface area contributed by atoms with Gasteiger partial charge < -0.3 is 10.4 Å². The van der Waals surface area contributed by atoms with Crippen LogP contribution in [0.4, 0.5) is 5.13 Å². The average Bonchev–Trinajstić information content (AvgIpc) is 2.96. The summed E-state index contributed by atoms with van der Waals surface area (Å²) in [5.74, 6) is -0.976. The molecule has 0 aliphatic rings. The Labute approximate surface area is 143 Å². The fourth-order valence-corrected chi connectivity index (χ4v) is 3.38. The van der Waals surface area contributed by atoms with Gasteiger partial charge in [0, 0.05) is 6.42 Å². The first kappa shape index (κ1) is 16.1. The normalized spacial score (nSPS) is 12.0. The Balaban J connectivity index is 1.70. The molecular formula is C18H16N2O3S. The molecule has 1 atom stereocenters. The quantitative estimate of drug-likeness (QED) is 0.732. The Morgan fingerprint density at radius 3 is 2.67 bits per heavy atom. The third-order valence-corrected chi connectivity index (χ3v) is 4.68. The molecule has 122 valence electrons. The van der Waals surface area contributed by atoms with Crippen LogP contribution < -0.4 is 5.32 Å². The summed E-state index contributed by atoms with van der Waals surface area (Å²) >= 11 is 1.27. The maximum absolute atomic E-state index is 12.2. The van der Waals surface area contributed by atoms with Crippen LogP contribution in [0.5, 0.6) is 0 Å². The number of hydrogen-bond acceptors (Lipinski definition) is 4. The number of thiazole rings is 1. The molecule has 24 heavy (non-hydrogen) atoms.